The summed E-state index contributed by atoms with van der Waals surface area (Å²) in [6.07, 6.45) is 6.93. The molecular weight excluding hydrogens is 298 g/mol. The molecule has 0 radical (unpaired) electrons. The summed E-state index contributed by atoms with van der Waals surface area (Å²) in [5, 5.41) is 3.07. The monoisotopic (exact) mass is 321 g/mol. The molecule has 0 spiro atoms. The number of benzene rings is 2. The second-order valence-electron chi connectivity index (χ2n) is 6.32. The number of amides is 1. The number of hydrogen-bond acceptors (Lipinski definition) is 2. The molecule has 2 aromatic rings. The van der Waals surface area contributed by atoms with Crippen LogP contribution in [0.25, 0.3) is 6.08 Å². The average Bonchev–Trinajstić information content (AvgIpc) is 2.60. The highest BCUT2D eigenvalue weighted by Crippen LogP contribution is 2.43. The molecule has 0 saturated heterocycles. The Balaban J connectivity index is 1.57. The molecule has 124 valence electrons. The predicted octanol–water partition coefficient (Wildman–Crippen LogP) is 3.95. The number of carbonyl (C=O) groups excluding carboxylic acids is 1. The van der Waals surface area contributed by atoms with Crippen molar-refractivity contribution in [2.45, 2.75) is 24.7 Å². The van der Waals surface area contributed by atoms with E-state index in [1.807, 2.05) is 36.4 Å². The number of methoxy groups -OCH3 is 1. The maximum atomic E-state index is 12.1. The normalized spacial score (nSPS) is 15.7. The lowest BCUT2D eigenvalue weighted by molar-refractivity contribution is -0.116. The maximum Gasteiger partial charge on any atom is 0.244 e. The summed E-state index contributed by atoms with van der Waals surface area (Å²) in [7, 11) is 1.64. The van der Waals surface area contributed by atoms with Gasteiger partial charge in [0.05, 0.1) is 7.11 Å². The van der Waals surface area contributed by atoms with Gasteiger partial charge in [-0.25, -0.2) is 0 Å². The molecule has 0 bridgehead atoms. The van der Waals surface area contributed by atoms with Crippen LogP contribution in [0, 0.1) is 0 Å². The summed E-state index contributed by atoms with van der Waals surface area (Å²) in [6.45, 7) is 0.697. The Morgan fingerprint density at radius 3 is 2.42 bits per heavy atom. The Hall–Kier alpha value is -2.55. The SMILES string of the molecule is COc1ccc(/C=C/C(=O)NCC2(c3ccccc3)CCC2)cc1. The molecule has 1 aliphatic carbocycles. The lowest BCUT2D eigenvalue weighted by Gasteiger charge is -2.42. The summed E-state index contributed by atoms with van der Waals surface area (Å²) in [5.41, 5.74) is 2.42. The minimum atomic E-state index is -0.0481. The van der Waals surface area contributed by atoms with Gasteiger partial charge < -0.3 is 10.1 Å². The first-order valence-electron chi connectivity index (χ1n) is 8.37. The van der Waals surface area contributed by atoms with E-state index >= 15 is 0 Å². The van der Waals surface area contributed by atoms with Crippen LogP contribution in [0.3, 0.4) is 0 Å². The fourth-order valence-corrected chi connectivity index (χ4v) is 3.16. The van der Waals surface area contributed by atoms with Gasteiger partial charge in [-0.1, -0.05) is 48.9 Å². The van der Waals surface area contributed by atoms with Gasteiger partial charge in [0, 0.05) is 18.0 Å². The van der Waals surface area contributed by atoms with Crippen LogP contribution in [0.15, 0.2) is 60.7 Å². The molecule has 3 nitrogen and oxygen atoms in total. The fourth-order valence-electron chi connectivity index (χ4n) is 3.16. The molecule has 1 fully saturated rings. The third-order valence-corrected chi connectivity index (χ3v) is 4.84. The second kappa shape index (κ2) is 7.35. The lowest BCUT2D eigenvalue weighted by atomic mass is 9.64. The van der Waals surface area contributed by atoms with Crippen LogP contribution >= 0.6 is 0 Å². The van der Waals surface area contributed by atoms with Crippen LogP contribution in [0.4, 0.5) is 0 Å². The van der Waals surface area contributed by atoms with E-state index in [0.29, 0.717) is 6.54 Å². The number of carbonyl (C=O) groups is 1. The fraction of sp³-hybridized carbons (Fsp3) is 0.286. The third-order valence-electron chi connectivity index (χ3n) is 4.84. The van der Waals surface area contributed by atoms with Crippen molar-refractivity contribution in [1.29, 1.82) is 0 Å². The van der Waals surface area contributed by atoms with E-state index in [9.17, 15) is 4.79 Å². The van der Waals surface area contributed by atoms with E-state index in [0.717, 1.165) is 24.2 Å². The zero-order valence-electron chi connectivity index (χ0n) is 14.0. The van der Waals surface area contributed by atoms with Crippen molar-refractivity contribution in [3.63, 3.8) is 0 Å². The highest BCUT2D eigenvalue weighted by atomic mass is 16.5. The van der Waals surface area contributed by atoms with Crippen molar-refractivity contribution in [3.8, 4) is 5.75 Å². The molecule has 0 aliphatic heterocycles. The van der Waals surface area contributed by atoms with E-state index in [1.165, 1.54) is 12.0 Å². The highest BCUT2D eigenvalue weighted by molar-refractivity contribution is 5.91. The van der Waals surface area contributed by atoms with Gasteiger partial charge in [-0.05, 0) is 42.2 Å². The Kier molecular flexibility index (Phi) is 4.99. The Bertz CT molecular complexity index is 700. The van der Waals surface area contributed by atoms with Crippen LogP contribution in [0.5, 0.6) is 5.75 Å². The zero-order chi connectivity index (χ0) is 16.8. The van der Waals surface area contributed by atoms with Crippen LogP contribution in [-0.4, -0.2) is 19.6 Å². The maximum absolute atomic E-state index is 12.1. The predicted molar refractivity (Wildman–Crippen MR) is 97.0 cm³/mol. The van der Waals surface area contributed by atoms with Gasteiger partial charge in [-0.15, -0.1) is 0 Å². The third kappa shape index (κ3) is 3.67. The first-order chi connectivity index (χ1) is 11.7. The Labute approximate surface area is 143 Å². The number of hydrogen-bond donors (Lipinski definition) is 1. The van der Waals surface area contributed by atoms with E-state index in [2.05, 4.69) is 29.6 Å². The molecule has 0 atom stereocenters. The van der Waals surface area contributed by atoms with Gasteiger partial charge in [0.1, 0.15) is 5.75 Å². The summed E-state index contributed by atoms with van der Waals surface area (Å²) < 4.78 is 5.13. The minimum Gasteiger partial charge on any atom is -0.497 e. The van der Waals surface area contributed by atoms with Crippen LogP contribution in [0.1, 0.15) is 30.4 Å². The molecule has 1 N–H and O–H groups in total. The van der Waals surface area contributed by atoms with Gasteiger partial charge in [0.25, 0.3) is 0 Å². The largest absolute Gasteiger partial charge is 0.497 e. The summed E-state index contributed by atoms with van der Waals surface area (Å²) in [5.74, 6) is 0.763. The molecular formula is C21H23NO2. The standard InChI is InChI=1S/C21H23NO2/c1-24-19-11-8-17(9-12-19)10-13-20(23)22-16-21(14-5-15-21)18-6-3-2-4-7-18/h2-4,6-13H,5,14-16H2,1H3,(H,22,23)/b13-10+. The quantitative estimate of drug-likeness (QED) is 0.818. The molecule has 24 heavy (non-hydrogen) atoms. The van der Waals surface area contributed by atoms with Crippen molar-refractivity contribution in [2.75, 3.05) is 13.7 Å². The molecule has 1 aliphatic rings. The van der Waals surface area contributed by atoms with E-state index < -0.39 is 0 Å². The van der Waals surface area contributed by atoms with Crippen LogP contribution in [0.2, 0.25) is 0 Å². The van der Waals surface area contributed by atoms with Crippen molar-refractivity contribution in [2.24, 2.45) is 0 Å². The second-order valence-corrected chi connectivity index (χ2v) is 6.32. The van der Waals surface area contributed by atoms with Gasteiger partial charge in [-0.3, -0.25) is 4.79 Å². The molecule has 3 rings (SSSR count). The Morgan fingerprint density at radius 2 is 1.83 bits per heavy atom. The van der Waals surface area contributed by atoms with Crippen molar-refractivity contribution in [1.82, 2.24) is 5.32 Å². The van der Waals surface area contributed by atoms with Crippen molar-refractivity contribution >= 4 is 12.0 Å². The molecule has 2 aromatic carbocycles. The molecule has 0 aromatic heterocycles. The van der Waals surface area contributed by atoms with Crippen molar-refractivity contribution in [3.05, 3.63) is 71.8 Å². The molecule has 0 heterocycles. The highest BCUT2D eigenvalue weighted by Gasteiger charge is 2.38. The van der Waals surface area contributed by atoms with Crippen molar-refractivity contribution < 1.29 is 9.53 Å². The van der Waals surface area contributed by atoms with Gasteiger partial charge >= 0.3 is 0 Å². The first kappa shape index (κ1) is 16.3. The molecule has 1 amide bonds. The Morgan fingerprint density at radius 1 is 1.12 bits per heavy atom. The van der Waals surface area contributed by atoms with E-state index in [4.69, 9.17) is 4.74 Å². The van der Waals surface area contributed by atoms with Crippen LogP contribution < -0.4 is 10.1 Å². The first-order valence-corrected chi connectivity index (χ1v) is 8.37. The van der Waals surface area contributed by atoms with Gasteiger partial charge in [0.15, 0.2) is 0 Å². The van der Waals surface area contributed by atoms with Gasteiger partial charge in [-0.2, -0.15) is 0 Å². The lowest BCUT2D eigenvalue weighted by Crippen LogP contribution is -2.45. The molecule has 3 heteroatoms. The van der Waals surface area contributed by atoms with E-state index in [-0.39, 0.29) is 11.3 Å². The number of ether oxygens (including phenoxy) is 1. The topological polar surface area (TPSA) is 38.3 Å². The summed E-state index contributed by atoms with van der Waals surface area (Å²) in [4.78, 5) is 12.1. The van der Waals surface area contributed by atoms with Gasteiger partial charge in [0.2, 0.25) is 5.91 Å². The minimum absolute atomic E-state index is 0.0481. The average molecular weight is 321 g/mol. The number of rotatable bonds is 6. The van der Waals surface area contributed by atoms with Crippen LogP contribution in [-0.2, 0) is 10.2 Å². The zero-order valence-corrected chi connectivity index (χ0v) is 14.0. The molecule has 0 unspecified atom stereocenters. The summed E-state index contributed by atoms with van der Waals surface area (Å²) in [6, 6.07) is 18.1. The smallest absolute Gasteiger partial charge is 0.244 e. The molecule has 1 saturated carbocycles. The summed E-state index contributed by atoms with van der Waals surface area (Å²) >= 11 is 0. The number of nitrogens with one attached hydrogen (secondary N) is 1. The van der Waals surface area contributed by atoms with E-state index in [1.54, 1.807) is 13.2 Å².